The van der Waals surface area contributed by atoms with Gasteiger partial charge in [-0.2, -0.15) is 0 Å². The maximum Gasteiger partial charge on any atom is 0.233 e. The van der Waals surface area contributed by atoms with Crippen LogP contribution in [0.5, 0.6) is 0 Å². The van der Waals surface area contributed by atoms with E-state index < -0.39 is 8.32 Å². The molecule has 0 amide bonds. The van der Waals surface area contributed by atoms with Crippen LogP contribution in [0.15, 0.2) is 42.5 Å². The minimum atomic E-state index is -2.06. The van der Waals surface area contributed by atoms with E-state index in [1.165, 1.54) is 0 Å². The first-order valence-corrected chi connectivity index (χ1v) is 15.8. The van der Waals surface area contributed by atoms with Crippen LogP contribution in [0.4, 0.5) is 0 Å². The molecule has 200 valence electrons. The Hall–Kier alpha value is -1.73. The summed E-state index contributed by atoms with van der Waals surface area (Å²) in [6.45, 7) is 19.0. The molecule has 36 heavy (non-hydrogen) atoms. The predicted octanol–water partition coefficient (Wildman–Crippen LogP) is 7.46. The van der Waals surface area contributed by atoms with Crippen molar-refractivity contribution < 1.29 is 18.7 Å². The van der Waals surface area contributed by atoms with Crippen LogP contribution in [-0.4, -0.2) is 43.7 Å². The largest absolute Gasteiger partial charge is 0.413 e. The summed E-state index contributed by atoms with van der Waals surface area (Å²) < 4.78 is 21.6. The zero-order chi connectivity index (χ0) is 26.5. The first-order chi connectivity index (χ1) is 17.0. The lowest BCUT2D eigenvalue weighted by Crippen LogP contribution is -2.53. The molecule has 1 saturated heterocycles. The second kappa shape index (κ2) is 12.7. The normalized spacial score (nSPS) is 21.0. The van der Waals surface area contributed by atoms with E-state index in [1.807, 2.05) is 48.7 Å². The molecule has 0 bridgehead atoms. The monoisotopic (exact) mass is 513 g/mol. The quantitative estimate of drug-likeness (QED) is 0.293. The lowest BCUT2D eigenvalue weighted by molar-refractivity contribution is -0.119. The fourth-order valence-corrected chi connectivity index (χ4v) is 11.9. The van der Waals surface area contributed by atoms with Gasteiger partial charge in [0.25, 0.3) is 0 Å². The average molecular weight is 514 g/mol. The fourth-order valence-electron chi connectivity index (χ4n) is 6.33. The maximum absolute atomic E-state index is 13.3. The third-order valence-corrected chi connectivity index (χ3v) is 14.0. The summed E-state index contributed by atoms with van der Waals surface area (Å²) in [6.07, 6.45) is 1.72. The van der Waals surface area contributed by atoms with Gasteiger partial charge in [0.05, 0.1) is 37.9 Å². The molecule has 0 N–H and O–H groups in total. The topological polar surface area (TPSA) is 49.7 Å². The van der Waals surface area contributed by atoms with Gasteiger partial charge in [0.2, 0.25) is 14.2 Å². The highest BCUT2D eigenvalue weighted by atomic mass is 28.4. The third-order valence-electron chi connectivity index (χ3n) is 7.85. The average Bonchev–Trinajstić information content (AvgIpc) is 3.15. The molecule has 0 aliphatic carbocycles. The first-order valence-electron chi connectivity index (χ1n) is 13.7. The molecule has 2 aromatic rings. The molecule has 1 aliphatic rings. The van der Waals surface area contributed by atoms with Crippen LogP contribution in [0.25, 0.3) is 0 Å². The zero-order valence-electron chi connectivity index (χ0n) is 23.6. The number of aryl methyl sites for hydroxylation is 2. The second-order valence-corrected chi connectivity index (χ2v) is 16.9. The minimum absolute atomic E-state index is 0.0765. The Morgan fingerprint density at radius 2 is 1.47 bits per heavy atom. The van der Waals surface area contributed by atoms with Crippen molar-refractivity contribution >= 4 is 14.2 Å². The van der Waals surface area contributed by atoms with E-state index in [2.05, 4.69) is 53.7 Å². The summed E-state index contributed by atoms with van der Waals surface area (Å²) in [5, 5.41) is 0. The van der Waals surface area contributed by atoms with Gasteiger partial charge in [0.15, 0.2) is 0 Å². The first kappa shape index (κ1) is 28.8. The SMILES string of the molecule is Cc1ccc(C)n1C(=O)C[C@@H]1C[C@@H](O[Si](C(C)C)(C(C)C)C(C)C)C[C@H](COCc2ccccc2)O1. The Labute approximate surface area is 219 Å². The van der Waals surface area contributed by atoms with Crippen molar-refractivity contribution in [2.75, 3.05) is 6.61 Å². The Morgan fingerprint density at radius 3 is 2.03 bits per heavy atom. The van der Waals surface area contributed by atoms with Gasteiger partial charge < -0.3 is 13.9 Å². The molecule has 2 heterocycles. The van der Waals surface area contributed by atoms with Crippen LogP contribution in [0.3, 0.4) is 0 Å². The molecular formula is C30H47NO4Si. The van der Waals surface area contributed by atoms with E-state index in [0.717, 1.165) is 29.8 Å². The number of rotatable bonds is 11. The number of benzene rings is 1. The lowest BCUT2D eigenvalue weighted by atomic mass is 9.99. The Kier molecular flexibility index (Phi) is 10.2. The molecule has 0 radical (unpaired) electrons. The van der Waals surface area contributed by atoms with Crippen LogP contribution in [-0.2, 0) is 20.5 Å². The highest BCUT2D eigenvalue weighted by Gasteiger charge is 2.48. The van der Waals surface area contributed by atoms with E-state index in [-0.39, 0.29) is 24.2 Å². The minimum Gasteiger partial charge on any atom is -0.413 e. The van der Waals surface area contributed by atoms with E-state index in [4.69, 9.17) is 13.9 Å². The molecule has 5 nitrogen and oxygen atoms in total. The van der Waals surface area contributed by atoms with Crippen molar-refractivity contribution in [3.05, 3.63) is 59.4 Å². The van der Waals surface area contributed by atoms with Gasteiger partial charge in [-0.1, -0.05) is 71.9 Å². The summed E-state index contributed by atoms with van der Waals surface area (Å²) in [6, 6.07) is 14.2. The van der Waals surface area contributed by atoms with Gasteiger partial charge in [0, 0.05) is 17.8 Å². The summed E-state index contributed by atoms with van der Waals surface area (Å²) in [7, 11) is -2.06. The molecule has 1 aliphatic heterocycles. The number of carbonyl (C=O) groups is 1. The van der Waals surface area contributed by atoms with Gasteiger partial charge >= 0.3 is 0 Å². The molecule has 3 rings (SSSR count). The molecular weight excluding hydrogens is 466 g/mol. The maximum atomic E-state index is 13.3. The number of hydrogen-bond acceptors (Lipinski definition) is 4. The number of ether oxygens (including phenoxy) is 2. The number of carbonyl (C=O) groups excluding carboxylic acids is 1. The standard InChI is InChI=1S/C30H47NO4Si/c1-21(2)36(22(3)4,23(5)6)35-28-16-27(18-30(32)31-24(7)14-15-25(31)8)34-29(17-28)20-33-19-26-12-10-9-11-13-26/h9-15,21-23,27-29H,16-20H2,1-8H3/t27-,28+,29+/m0/s1. The molecule has 0 saturated carbocycles. The van der Waals surface area contributed by atoms with Crippen molar-refractivity contribution in [2.45, 2.75) is 116 Å². The van der Waals surface area contributed by atoms with Gasteiger partial charge in [0.1, 0.15) is 0 Å². The predicted molar refractivity (Wildman–Crippen MR) is 149 cm³/mol. The molecule has 3 atom stereocenters. The smallest absolute Gasteiger partial charge is 0.233 e. The third kappa shape index (κ3) is 6.77. The zero-order valence-corrected chi connectivity index (χ0v) is 24.6. The van der Waals surface area contributed by atoms with Gasteiger partial charge in [-0.15, -0.1) is 0 Å². The molecule has 1 aromatic carbocycles. The second-order valence-electron chi connectivity index (χ2n) is 11.5. The Balaban J connectivity index is 1.76. The number of nitrogens with zero attached hydrogens (tertiary/aromatic N) is 1. The highest BCUT2D eigenvalue weighted by molar-refractivity contribution is 6.77. The van der Waals surface area contributed by atoms with E-state index in [1.54, 1.807) is 0 Å². The molecule has 1 fully saturated rings. The van der Waals surface area contributed by atoms with Crippen LogP contribution >= 0.6 is 0 Å². The summed E-state index contributed by atoms with van der Waals surface area (Å²) in [4.78, 5) is 13.3. The van der Waals surface area contributed by atoms with Crippen LogP contribution in [0.1, 0.15) is 82.6 Å². The number of aromatic nitrogens is 1. The van der Waals surface area contributed by atoms with Crippen molar-refractivity contribution in [1.29, 1.82) is 0 Å². The molecule has 0 spiro atoms. The molecule has 0 unspecified atom stereocenters. The fraction of sp³-hybridized carbons (Fsp3) is 0.633. The summed E-state index contributed by atoms with van der Waals surface area (Å²) >= 11 is 0. The van der Waals surface area contributed by atoms with Crippen LogP contribution in [0, 0.1) is 13.8 Å². The van der Waals surface area contributed by atoms with Crippen molar-refractivity contribution in [2.24, 2.45) is 0 Å². The van der Waals surface area contributed by atoms with E-state index in [9.17, 15) is 4.79 Å². The van der Waals surface area contributed by atoms with Gasteiger partial charge in [-0.05, 0) is 54.6 Å². The Morgan fingerprint density at radius 1 is 0.917 bits per heavy atom. The summed E-state index contributed by atoms with van der Waals surface area (Å²) in [5.74, 6) is 0.0877. The molecule has 6 heteroatoms. The number of hydrogen-bond donors (Lipinski definition) is 0. The Bertz CT molecular complexity index is 927. The summed E-state index contributed by atoms with van der Waals surface area (Å²) in [5.41, 5.74) is 4.62. The van der Waals surface area contributed by atoms with Gasteiger partial charge in [-0.3, -0.25) is 9.36 Å². The van der Waals surface area contributed by atoms with Crippen molar-refractivity contribution in [3.63, 3.8) is 0 Å². The van der Waals surface area contributed by atoms with E-state index in [0.29, 0.717) is 36.3 Å². The highest BCUT2D eigenvalue weighted by Crippen LogP contribution is 2.44. The van der Waals surface area contributed by atoms with Crippen molar-refractivity contribution in [3.8, 4) is 0 Å². The lowest BCUT2D eigenvalue weighted by Gasteiger charge is -2.47. The van der Waals surface area contributed by atoms with Crippen LogP contribution in [0.2, 0.25) is 16.6 Å². The van der Waals surface area contributed by atoms with Crippen molar-refractivity contribution in [1.82, 2.24) is 4.57 Å². The molecule has 1 aromatic heterocycles. The van der Waals surface area contributed by atoms with Crippen LogP contribution < -0.4 is 0 Å². The van der Waals surface area contributed by atoms with Gasteiger partial charge in [-0.25, -0.2) is 0 Å². The van der Waals surface area contributed by atoms with E-state index >= 15 is 0 Å².